The number of hydrogen-bond donors (Lipinski definition) is 1. The third kappa shape index (κ3) is 6.37. The highest BCUT2D eigenvalue weighted by atomic mass is 16.5. The van der Waals surface area contributed by atoms with Gasteiger partial charge in [0.1, 0.15) is 11.5 Å². The minimum absolute atomic E-state index is 0.0822. The van der Waals surface area contributed by atoms with Crippen molar-refractivity contribution in [3.8, 4) is 11.5 Å². The van der Waals surface area contributed by atoms with Gasteiger partial charge in [-0.05, 0) is 37.1 Å². The molecule has 0 atom stereocenters. The molecule has 6 nitrogen and oxygen atoms in total. The van der Waals surface area contributed by atoms with Crippen molar-refractivity contribution in [3.63, 3.8) is 0 Å². The van der Waals surface area contributed by atoms with Crippen molar-refractivity contribution in [2.24, 2.45) is 0 Å². The molecule has 0 aliphatic carbocycles. The summed E-state index contributed by atoms with van der Waals surface area (Å²) in [4.78, 5) is 14.3. The molecule has 0 aromatic heterocycles. The molecule has 0 spiro atoms. The summed E-state index contributed by atoms with van der Waals surface area (Å²) in [7, 11) is 3.25. The van der Waals surface area contributed by atoms with Crippen LogP contribution in [0.5, 0.6) is 11.5 Å². The summed E-state index contributed by atoms with van der Waals surface area (Å²) >= 11 is 0. The molecule has 1 N–H and O–H groups in total. The van der Waals surface area contributed by atoms with Gasteiger partial charge >= 0.3 is 0 Å². The minimum atomic E-state index is 0.0822. The molecule has 1 aromatic rings. The topological polar surface area (TPSA) is 60.0 Å². The van der Waals surface area contributed by atoms with E-state index in [4.69, 9.17) is 14.2 Å². The van der Waals surface area contributed by atoms with E-state index in [1.54, 1.807) is 14.2 Å². The smallest absolute Gasteiger partial charge is 0.220 e. The first kappa shape index (κ1) is 18.5. The number of amides is 1. The van der Waals surface area contributed by atoms with Gasteiger partial charge in [-0.2, -0.15) is 0 Å². The molecule has 0 bridgehead atoms. The van der Waals surface area contributed by atoms with E-state index in [1.807, 2.05) is 18.2 Å². The molecule has 24 heavy (non-hydrogen) atoms. The molecular weight excluding hydrogens is 308 g/mol. The first-order chi connectivity index (χ1) is 11.7. The number of nitrogens with zero attached hydrogens (tertiary/aromatic N) is 1. The van der Waals surface area contributed by atoms with Gasteiger partial charge in [-0.3, -0.25) is 9.69 Å². The van der Waals surface area contributed by atoms with Crippen molar-refractivity contribution in [2.75, 3.05) is 53.6 Å². The standard InChI is InChI=1S/C18H28N2O4/c1-22-16-12-15(13-17(14-16)23-2)4-5-18(21)19-6-3-7-20-8-10-24-11-9-20/h12-14H,3-11H2,1-2H3,(H,19,21). The van der Waals surface area contributed by atoms with Crippen LogP contribution in [0.3, 0.4) is 0 Å². The summed E-state index contributed by atoms with van der Waals surface area (Å²) in [5.41, 5.74) is 1.04. The van der Waals surface area contributed by atoms with Gasteiger partial charge in [-0.25, -0.2) is 0 Å². The molecular formula is C18H28N2O4. The second-order valence-corrected chi connectivity index (χ2v) is 5.88. The molecule has 0 saturated carbocycles. The van der Waals surface area contributed by atoms with Gasteiger partial charge < -0.3 is 19.5 Å². The second kappa shape index (κ2) is 10.2. The van der Waals surface area contributed by atoms with Crippen molar-refractivity contribution < 1.29 is 19.0 Å². The Morgan fingerprint density at radius 2 is 1.83 bits per heavy atom. The number of methoxy groups -OCH3 is 2. The number of carbonyl (C=O) groups excluding carboxylic acids is 1. The van der Waals surface area contributed by atoms with E-state index < -0.39 is 0 Å². The lowest BCUT2D eigenvalue weighted by atomic mass is 10.1. The predicted molar refractivity (Wildman–Crippen MR) is 92.8 cm³/mol. The number of nitrogens with one attached hydrogen (secondary N) is 1. The zero-order chi connectivity index (χ0) is 17.2. The highest BCUT2D eigenvalue weighted by Crippen LogP contribution is 2.23. The Bertz CT molecular complexity index is 493. The molecule has 1 fully saturated rings. The van der Waals surface area contributed by atoms with Gasteiger partial charge in [0.25, 0.3) is 0 Å². The summed E-state index contributed by atoms with van der Waals surface area (Å²) in [6.07, 6.45) is 2.11. The zero-order valence-corrected chi connectivity index (χ0v) is 14.7. The minimum Gasteiger partial charge on any atom is -0.497 e. The fourth-order valence-electron chi connectivity index (χ4n) is 2.71. The zero-order valence-electron chi connectivity index (χ0n) is 14.7. The molecule has 134 valence electrons. The average Bonchev–Trinajstić information content (AvgIpc) is 2.64. The van der Waals surface area contributed by atoms with Gasteiger partial charge in [0.15, 0.2) is 0 Å². The van der Waals surface area contributed by atoms with Crippen molar-refractivity contribution in [1.29, 1.82) is 0 Å². The van der Waals surface area contributed by atoms with Gasteiger partial charge in [-0.15, -0.1) is 0 Å². The average molecular weight is 336 g/mol. The Labute approximate surface area is 144 Å². The third-order valence-electron chi connectivity index (χ3n) is 4.13. The molecule has 1 aliphatic heterocycles. The molecule has 1 saturated heterocycles. The van der Waals surface area contributed by atoms with E-state index in [0.717, 1.165) is 62.9 Å². The maximum absolute atomic E-state index is 12.0. The van der Waals surface area contributed by atoms with Crippen LogP contribution >= 0.6 is 0 Å². The van der Waals surface area contributed by atoms with Crippen LogP contribution in [0.25, 0.3) is 0 Å². The van der Waals surface area contributed by atoms with Crippen molar-refractivity contribution in [3.05, 3.63) is 23.8 Å². The highest BCUT2D eigenvalue weighted by molar-refractivity contribution is 5.76. The number of morpholine rings is 1. The largest absolute Gasteiger partial charge is 0.497 e. The van der Waals surface area contributed by atoms with Crippen molar-refractivity contribution in [2.45, 2.75) is 19.3 Å². The Morgan fingerprint density at radius 3 is 2.46 bits per heavy atom. The summed E-state index contributed by atoms with van der Waals surface area (Å²) in [5.74, 6) is 1.57. The Hall–Kier alpha value is -1.79. The van der Waals surface area contributed by atoms with Crippen LogP contribution in [-0.2, 0) is 16.0 Å². The summed E-state index contributed by atoms with van der Waals surface area (Å²) in [6.45, 7) is 5.35. The van der Waals surface area contributed by atoms with Crippen LogP contribution in [0.2, 0.25) is 0 Å². The van der Waals surface area contributed by atoms with E-state index >= 15 is 0 Å². The SMILES string of the molecule is COc1cc(CCC(=O)NCCCN2CCOCC2)cc(OC)c1. The Morgan fingerprint density at radius 1 is 1.17 bits per heavy atom. The molecule has 0 radical (unpaired) electrons. The quantitative estimate of drug-likeness (QED) is 0.692. The number of hydrogen-bond acceptors (Lipinski definition) is 5. The van der Waals surface area contributed by atoms with Gasteiger partial charge in [0.2, 0.25) is 5.91 Å². The maximum Gasteiger partial charge on any atom is 0.220 e. The molecule has 6 heteroatoms. The molecule has 1 aromatic carbocycles. The van der Waals surface area contributed by atoms with Crippen LogP contribution < -0.4 is 14.8 Å². The number of rotatable bonds is 9. The molecule has 1 amide bonds. The number of benzene rings is 1. The highest BCUT2D eigenvalue weighted by Gasteiger charge is 2.10. The van der Waals surface area contributed by atoms with E-state index in [1.165, 1.54) is 0 Å². The van der Waals surface area contributed by atoms with E-state index in [0.29, 0.717) is 12.8 Å². The third-order valence-corrected chi connectivity index (χ3v) is 4.13. The predicted octanol–water partition coefficient (Wildman–Crippen LogP) is 1.47. The van der Waals surface area contributed by atoms with Crippen molar-refractivity contribution in [1.82, 2.24) is 10.2 Å². The Balaban J connectivity index is 1.65. The van der Waals surface area contributed by atoms with Crippen LogP contribution in [0.4, 0.5) is 0 Å². The van der Waals surface area contributed by atoms with Gasteiger partial charge in [0, 0.05) is 32.1 Å². The van der Waals surface area contributed by atoms with E-state index in [9.17, 15) is 4.79 Å². The summed E-state index contributed by atoms with van der Waals surface area (Å²) in [5, 5.41) is 2.99. The normalized spacial score (nSPS) is 15.1. The van der Waals surface area contributed by atoms with Gasteiger partial charge in [0.05, 0.1) is 27.4 Å². The van der Waals surface area contributed by atoms with Crippen LogP contribution in [0, 0.1) is 0 Å². The monoisotopic (exact) mass is 336 g/mol. The first-order valence-corrected chi connectivity index (χ1v) is 8.50. The van der Waals surface area contributed by atoms with Crippen LogP contribution in [0.1, 0.15) is 18.4 Å². The lowest BCUT2D eigenvalue weighted by molar-refractivity contribution is -0.121. The summed E-state index contributed by atoms with van der Waals surface area (Å²) in [6, 6.07) is 5.71. The molecule has 1 aliphatic rings. The van der Waals surface area contributed by atoms with Crippen LogP contribution in [0.15, 0.2) is 18.2 Å². The van der Waals surface area contributed by atoms with E-state index in [-0.39, 0.29) is 5.91 Å². The number of aryl methyl sites for hydroxylation is 1. The second-order valence-electron chi connectivity index (χ2n) is 5.88. The lowest BCUT2D eigenvalue weighted by Gasteiger charge is -2.26. The van der Waals surface area contributed by atoms with Crippen LogP contribution in [-0.4, -0.2) is 64.4 Å². The number of ether oxygens (including phenoxy) is 3. The molecule has 2 rings (SSSR count). The fraction of sp³-hybridized carbons (Fsp3) is 0.611. The fourth-order valence-corrected chi connectivity index (χ4v) is 2.71. The van der Waals surface area contributed by atoms with Crippen molar-refractivity contribution >= 4 is 5.91 Å². The van der Waals surface area contributed by atoms with Gasteiger partial charge in [-0.1, -0.05) is 0 Å². The maximum atomic E-state index is 12.0. The molecule has 1 heterocycles. The molecule has 0 unspecified atom stereocenters. The summed E-state index contributed by atoms with van der Waals surface area (Å²) < 4.78 is 15.8. The Kier molecular flexibility index (Phi) is 7.85. The first-order valence-electron chi connectivity index (χ1n) is 8.50. The number of carbonyl (C=O) groups is 1. The van der Waals surface area contributed by atoms with E-state index in [2.05, 4.69) is 10.2 Å². The lowest BCUT2D eigenvalue weighted by Crippen LogP contribution is -2.38.